The lowest BCUT2D eigenvalue weighted by atomic mass is 10.1. The molecule has 19 heavy (non-hydrogen) atoms. The minimum absolute atomic E-state index is 0.828. The van der Waals surface area contributed by atoms with E-state index in [2.05, 4.69) is 55.1 Å². The van der Waals surface area contributed by atoms with E-state index in [0.29, 0.717) is 0 Å². The summed E-state index contributed by atoms with van der Waals surface area (Å²) in [5, 5.41) is 0. The minimum atomic E-state index is 0.828. The Morgan fingerprint density at radius 2 is 1.58 bits per heavy atom. The summed E-state index contributed by atoms with van der Waals surface area (Å²) in [5.41, 5.74) is 10.5. The zero-order valence-corrected chi connectivity index (χ0v) is 11.8. The van der Waals surface area contributed by atoms with Gasteiger partial charge in [0.2, 0.25) is 0 Å². The van der Waals surface area contributed by atoms with Crippen molar-refractivity contribution < 1.29 is 0 Å². The van der Waals surface area contributed by atoms with Gasteiger partial charge in [-0.15, -0.1) is 0 Å². The Hall–Kier alpha value is -1.96. The summed E-state index contributed by atoms with van der Waals surface area (Å²) in [7, 11) is 0. The van der Waals surface area contributed by atoms with E-state index in [1.54, 1.807) is 0 Å². The van der Waals surface area contributed by atoms with Gasteiger partial charge in [-0.25, -0.2) is 0 Å². The van der Waals surface area contributed by atoms with Crippen LogP contribution in [0.25, 0.3) is 0 Å². The molecule has 0 fully saturated rings. The van der Waals surface area contributed by atoms with Gasteiger partial charge in [-0.3, -0.25) is 0 Å². The third-order valence-corrected chi connectivity index (χ3v) is 3.43. The van der Waals surface area contributed by atoms with Gasteiger partial charge in [0, 0.05) is 24.5 Å². The smallest absolute Gasteiger partial charge is 0.0366 e. The summed E-state index contributed by atoms with van der Waals surface area (Å²) in [6.45, 7) is 6.37. The second-order valence-corrected chi connectivity index (χ2v) is 4.91. The SMILES string of the molecule is CCN(CCc1ccc(N)cc1)c1ccc(C)cc1. The average Bonchev–Trinajstić information content (AvgIpc) is 2.43. The molecule has 0 unspecified atom stereocenters. The Bertz CT molecular complexity index is 500. The van der Waals surface area contributed by atoms with Gasteiger partial charge < -0.3 is 10.6 Å². The molecular weight excluding hydrogens is 232 g/mol. The van der Waals surface area contributed by atoms with Crippen LogP contribution in [0.3, 0.4) is 0 Å². The molecule has 2 rings (SSSR count). The summed E-state index contributed by atoms with van der Waals surface area (Å²) in [5.74, 6) is 0. The van der Waals surface area contributed by atoms with E-state index in [1.165, 1.54) is 16.8 Å². The highest BCUT2D eigenvalue weighted by Crippen LogP contribution is 2.16. The first-order valence-electron chi connectivity index (χ1n) is 6.85. The average molecular weight is 254 g/mol. The highest BCUT2D eigenvalue weighted by Gasteiger charge is 2.04. The second kappa shape index (κ2) is 6.28. The van der Waals surface area contributed by atoms with Crippen LogP contribution in [0.4, 0.5) is 11.4 Å². The number of anilines is 2. The third-order valence-electron chi connectivity index (χ3n) is 3.43. The third kappa shape index (κ3) is 3.75. The van der Waals surface area contributed by atoms with Crippen LogP contribution < -0.4 is 10.6 Å². The van der Waals surface area contributed by atoms with Crippen LogP contribution in [0.1, 0.15) is 18.1 Å². The van der Waals surface area contributed by atoms with Crippen molar-refractivity contribution in [3.8, 4) is 0 Å². The molecule has 0 heterocycles. The number of aryl methyl sites for hydroxylation is 1. The molecule has 0 aliphatic rings. The van der Waals surface area contributed by atoms with Gasteiger partial charge in [0.15, 0.2) is 0 Å². The molecule has 0 saturated carbocycles. The van der Waals surface area contributed by atoms with E-state index in [4.69, 9.17) is 5.73 Å². The lowest BCUT2D eigenvalue weighted by molar-refractivity contribution is 0.809. The Balaban J connectivity index is 1.99. The summed E-state index contributed by atoms with van der Waals surface area (Å²) in [4.78, 5) is 2.40. The van der Waals surface area contributed by atoms with Crippen molar-refractivity contribution in [2.75, 3.05) is 23.7 Å². The quantitative estimate of drug-likeness (QED) is 0.825. The molecule has 100 valence electrons. The van der Waals surface area contributed by atoms with Crippen molar-refractivity contribution in [1.29, 1.82) is 0 Å². The van der Waals surface area contributed by atoms with Crippen molar-refractivity contribution >= 4 is 11.4 Å². The maximum Gasteiger partial charge on any atom is 0.0366 e. The van der Waals surface area contributed by atoms with Crippen LogP contribution in [0.15, 0.2) is 48.5 Å². The van der Waals surface area contributed by atoms with Gasteiger partial charge in [0.1, 0.15) is 0 Å². The second-order valence-electron chi connectivity index (χ2n) is 4.91. The largest absolute Gasteiger partial charge is 0.399 e. The summed E-state index contributed by atoms with van der Waals surface area (Å²) < 4.78 is 0. The molecule has 0 amide bonds. The number of likely N-dealkylation sites (N-methyl/N-ethyl adjacent to an activating group) is 1. The predicted octanol–water partition coefficient (Wildman–Crippen LogP) is 3.65. The zero-order chi connectivity index (χ0) is 13.7. The van der Waals surface area contributed by atoms with Gasteiger partial charge in [-0.1, -0.05) is 29.8 Å². The van der Waals surface area contributed by atoms with Crippen molar-refractivity contribution in [3.63, 3.8) is 0 Å². The molecule has 2 aromatic carbocycles. The minimum Gasteiger partial charge on any atom is -0.399 e. The van der Waals surface area contributed by atoms with E-state index < -0.39 is 0 Å². The van der Waals surface area contributed by atoms with Crippen LogP contribution in [-0.4, -0.2) is 13.1 Å². The van der Waals surface area contributed by atoms with E-state index >= 15 is 0 Å². The molecule has 2 N–H and O–H groups in total. The van der Waals surface area contributed by atoms with E-state index in [1.807, 2.05) is 12.1 Å². The van der Waals surface area contributed by atoms with Crippen LogP contribution in [0, 0.1) is 6.92 Å². The van der Waals surface area contributed by atoms with Gasteiger partial charge >= 0.3 is 0 Å². The molecule has 2 aromatic rings. The molecule has 0 spiro atoms. The molecule has 0 radical (unpaired) electrons. The fourth-order valence-electron chi connectivity index (χ4n) is 2.17. The Morgan fingerprint density at radius 1 is 0.947 bits per heavy atom. The van der Waals surface area contributed by atoms with Gasteiger partial charge in [0.25, 0.3) is 0 Å². The predicted molar refractivity (Wildman–Crippen MR) is 83.6 cm³/mol. The Labute approximate surface area is 115 Å². The van der Waals surface area contributed by atoms with E-state index in [0.717, 1.165) is 25.2 Å². The Morgan fingerprint density at radius 3 is 2.16 bits per heavy atom. The van der Waals surface area contributed by atoms with E-state index in [9.17, 15) is 0 Å². The van der Waals surface area contributed by atoms with Crippen LogP contribution >= 0.6 is 0 Å². The molecule has 0 aliphatic heterocycles. The molecule has 0 bridgehead atoms. The lowest BCUT2D eigenvalue weighted by Gasteiger charge is -2.23. The molecule has 0 aromatic heterocycles. The number of nitrogens with two attached hydrogens (primary N) is 1. The number of benzene rings is 2. The first kappa shape index (κ1) is 13.5. The number of hydrogen-bond acceptors (Lipinski definition) is 2. The lowest BCUT2D eigenvalue weighted by Crippen LogP contribution is -2.25. The summed E-state index contributed by atoms with van der Waals surface area (Å²) >= 11 is 0. The van der Waals surface area contributed by atoms with Gasteiger partial charge in [0.05, 0.1) is 0 Å². The molecule has 2 nitrogen and oxygen atoms in total. The van der Waals surface area contributed by atoms with Crippen molar-refractivity contribution in [2.24, 2.45) is 0 Å². The highest BCUT2D eigenvalue weighted by atomic mass is 15.1. The molecular formula is C17H22N2. The monoisotopic (exact) mass is 254 g/mol. The molecule has 0 atom stereocenters. The number of hydrogen-bond donors (Lipinski definition) is 1. The van der Waals surface area contributed by atoms with Crippen LogP contribution in [-0.2, 0) is 6.42 Å². The van der Waals surface area contributed by atoms with Crippen molar-refractivity contribution in [2.45, 2.75) is 20.3 Å². The normalized spacial score (nSPS) is 10.4. The topological polar surface area (TPSA) is 29.3 Å². The van der Waals surface area contributed by atoms with Gasteiger partial charge in [-0.05, 0) is 50.1 Å². The molecule has 2 heteroatoms. The fraction of sp³-hybridized carbons (Fsp3) is 0.294. The highest BCUT2D eigenvalue weighted by molar-refractivity contribution is 5.47. The maximum absolute atomic E-state index is 5.70. The standard InChI is InChI=1S/C17H22N2/c1-3-19(17-10-4-14(2)5-11-17)13-12-15-6-8-16(18)9-7-15/h4-11H,3,12-13,18H2,1-2H3. The van der Waals surface area contributed by atoms with Gasteiger partial charge in [-0.2, -0.15) is 0 Å². The first-order valence-corrected chi connectivity index (χ1v) is 6.85. The molecule has 0 aliphatic carbocycles. The van der Waals surface area contributed by atoms with E-state index in [-0.39, 0.29) is 0 Å². The summed E-state index contributed by atoms with van der Waals surface area (Å²) in [6.07, 6.45) is 1.04. The summed E-state index contributed by atoms with van der Waals surface area (Å²) in [6, 6.07) is 16.9. The van der Waals surface area contributed by atoms with Crippen molar-refractivity contribution in [1.82, 2.24) is 0 Å². The number of nitrogen functional groups attached to an aromatic ring is 1. The zero-order valence-electron chi connectivity index (χ0n) is 11.8. The number of rotatable bonds is 5. The van der Waals surface area contributed by atoms with Crippen LogP contribution in [0.5, 0.6) is 0 Å². The Kier molecular flexibility index (Phi) is 4.45. The maximum atomic E-state index is 5.70. The fourth-order valence-corrected chi connectivity index (χ4v) is 2.17. The first-order chi connectivity index (χ1) is 9.19. The molecule has 0 saturated heterocycles. The number of nitrogens with zero attached hydrogens (tertiary/aromatic N) is 1. The van der Waals surface area contributed by atoms with Crippen molar-refractivity contribution in [3.05, 3.63) is 59.7 Å². The van der Waals surface area contributed by atoms with Crippen LogP contribution in [0.2, 0.25) is 0 Å².